The van der Waals surface area contributed by atoms with Crippen molar-refractivity contribution in [1.82, 2.24) is 0 Å². The molecular formula is C16H20O3S. The molecule has 0 saturated heterocycles. The first-order valence-corrected chi connectivity index (χ1v) is 8.51. The molecule has 0 aromatic heterocycles. The maximum Gasteiger partial charge on any atom is 0.306 e. The van der Waals surface area contributed by atoms with Crippen molar-refractivity contribution in [2.24, 2.45) is 5.41 Å². The Morgan fingerprint density at radius 1 is 1.35 bits per heavy atom. The lowest BCUT2D eigenvalue weighted by atomic mass is 10.1. The van der Waals surface area contributed by atoms with Crippen molar-refractivity contribution in [3.05, 3.63) is 35.9 Å². The van der Waals surface area contributed by atoms with E-state index in [0.29, 0.717) is 18.1 Å². The number of benzene rings is 1. The highest BCUT2D eigenvalue weighted by Gasteiger charge is 2.50. The number of methoxy groups -OCH3 is 1. The van der Waals surface area contributed by atoms with Crippen molar-refractivity contribution >= 4 is 16.8 Å². The van der Waals surface area contributed by atoms with Gasteiger partial charge in [0.05, 0.1) is 13.5 Å². The fourth-order valence-corrected chi connectivity index (χ4v) is 5.00. The van der Waals surface area contributed by atoms with Crippen LogP contribution in [0.1, 0.15) is 37.2 Å². The van der Waals surface area contributed by atoms with E-state index in [9.17, 15) is 9.00 Å². The molecule has 0 bridgehead atoms. The molecule has 2 aliphatic carbocycles. The lowest BCUT2D eigenvalue weighted by molar-refractivity contribution is -0.141. The standard InChI is InChI=1S/C16H20O3S/c1-19-15(17)10-16(7-8-16)11-20(18)14-9-13(14)12-5-3-2-4-6-12/h2-6,13-14H,7-11H2,1H3. The largest absolute Gasteiger partial charge is 0.469 e. The van der Waals surface area contributed by atoms with Crippen LogP contribution in [-0.2, 0) is 20.3 Å². The Morgan fingerprint density at radius 2 is 2.05 bits per heavy atom. The van der Waals surface area contributed by atoms with Gasteiger partial charge in [-0.15, -0.1) is 0 Å². The smallest absolute Gasteiger partial charge is 0.306 e. The lowest BCUT2D eigenvalue weighted by Gasteiger charge is -2.13. The van der Waals surface area contributed by atoms with E-state index < -0.39 is 10.8 Å². The highest BCUT2D eigenvalue weighted by atomic mass is 32.2. The number of hydrogen-bond donors (Lipinski definition) is 0. The zero-order valence-electron chi connectivity index (χ0n) is 11.7. The lowest BCUT2D eigenvalue weighted by Crippen LogP contribution is -2.20. The molecule has 1 aromatic rings. The van der Waals surface area contributed by atoms with E-state index in [-0.39, 0.29) is 16.6 Å². The van der Waals surface area contributed by atoms with Gasteiger partial charge in [-0.05, 0) is 36.2 Å². The summed E-state index contributed by atoms with van der Waals surface area (Å²) < 4.78 is 17.2. The number of esters is 1. The zero-order chi connectivity index (χ0) is 14.2. The van der Waals surface area contributed by atoms with Gasteiger partial charge in [-0.25, -0.2) is 0 Å². The van der Waals surface area contributed by atoms with E-state index in [2.05, 4.69) is 12.1 Å². The summed E-state index contributed by atoms with van der Waals surface area (Å²) in [6, 6.07) is 10.3. The van der Waals surface area contributed by atoms with Crippen LogP contribution < -0.4 is 0 Å². The average Bonchev–Trinajstić information content (AvgIpc) is 3.35. The first-order valence-electron chi connectivity index (χ1n) is 7.12. The van der Waals surface area contributed by atoms with Gasteiger partial charge in [-0.3, -0.25) is 9.00 Å². The third-order valence-corrected chi connectivity index (χ3v) is 6.54. The predicted molar refractivity (Wildman–Crippen MR) is 78.9 cm³/mol. The van der Waals surface area contributed by atoms with Gasteiger partial charge in [0.2, 0.25) is 0 Å². The van der Waals surface area contributed by atoms with Crippen LogP contribution in [0.15, 0.2) is 30.3 Å². The summed E-state index contributed by atoms with van der Waals surface area (Å²) in [6.45, 7) is 0. The van der Waals surface area contributed by atoms with E-state index in [4.69, 9.17) is 4.74 Å². The SMILES string of the molecule is COC(=O)CC1(CS(=O)C2CC2c2ccccc2)CC1. The molecule has 0 radical (unpaired) electrons. The number of rotatable bonds is 6. The summed E-state index contributed by atoms with van der Waals surface area (Å²) in [5, 5.41) is 0.285. The maximum absolute atomic E-state index is 12.5. The van der Waals surface area contributed by atoms with Crippen molar-refractivity contribution in [2.45, 2.75) is 36.9 Å². The van der Waals surface area contributed by atoms with Gasteiger partial charge in [0, 0.05) is 21.8 Å². The summed E-state index contributed by atoms with van der Waals surface area (Å²) in [5.74, 6) is 0.941. The van der Waals surface area contributed by atoms with Crippen LogP contribution in [0.5, 0.6) is 0 Å². The van der Waals surface area contributed by atoms with Crippen LogP contribution in [0, 0.1) is 5.41 Å². The van der Waals surface area contributed by atoms with E-state index in [1.54, 1.807) is 0 Å². The minimum atomic E-state index is -0.824. The van der Waals surface area contributed by atoms with E-state index in [0.717, 1.165) is 19.3 Å². The fraction of sp³-hybridized carbons (Fsp3) is 0.562. The number of ether oxygens (including phenoxy) is 1. The Bertz CT molecular complexity index is 522. The third-order valence-electron chi connectivity index (χ3n) is 4.45. The monoisotopic (exact) mass is 292 g/mol. The van der Waals surface area contributed by atoms with Gasteiger partial charge in [0.15, 0.2) is 0 Å². The molecule has 3 unspecified atom stereocenters. The number of hydrogen-bond acceptors (Lipinski definition) is 3. The van der Waals surface area contributed by atoms with E-state index in [1.165, 1.54) is 12.7 Å². The third kappa shape index (κ3) is 2.95. The second-order valence-corrected chi connectivity index (χ2v) is 7.72. The number of carbonyl (C=O) groups is 1. The van der Waals surface area contributed by atoms with Crippen molar-refractivity contribution < 1.29 is 13.7 Å². The summed E-state index contributed by atoms with van der Waals surface area (Å²) in [6.07, 6.45) is 3.47. The number of carbonyl (C=O) groups excluding carboxylic acids is 1. The van der Waals surface area contributed by atoms with Crippen molar-refractivity contribution in [1.29, 1.82) is 0 Å². The Kier molecular flexibility index (Phi) is 3.67. The van der Waals surface area contributed by atoms with Gasteiger partial charge in [0.25, 0.3) is 0 Å². The molecule has 1 aromatic carbocycles. The highest BCUT2D eigenvalue weighted by Crippen LogP contribution is 2.53. The molecule has 2 saturated carbocycles. The van der Waals surface area contributed by atoms with Crippen LogP contribution in [0.2, 0.25) is 0 Å². The van der Waals surface area contributed by atoms with Crippen LogP contribution in [0.4, 0.5) is 0 Å². The molecule has 108 valence electrons. The molecule has 0 spiro atoms. The normalized spacial score (nSPS) is 27.6. The van der Waals surface area contributed by atoms with Gasteiger partial charge in [-0.1, -0.05) is 30.3 Å². The molecule has 3 atom stereocenters. The van der Waals surface area contributed by atoms with Crippen LogP contribution in [-0.4, -0.2) is 28.3 Å². The predicted octanol–water partition coefficient (Wildman–Crippen LogP) is 2.63. The summed E-state index contributed by atoms with van der Waals surface area (Å²) in [5.41, 5.74) is 1.27. The minimum Gasteiger partial charge on any atom is -0.469 e. The average molecular weight is 292 g/mol. The quantitative estimate of drug-likeness (QED) is 0.757. The molecule has 0 N–H and O–H groups in total. The highest BCUT2D eigenvalue weighted by molar-refractivity contribution is 7.86. The molecule has 4 heteroatoms. The Hall–Kier alpha value is -1.16. The second kappa shape index (κ2) is 5.32. The van der Waals surface area contributed by atoms with Crippen molar-refractivity contribution in [2.75, 3.05) is 12.9 Å². The molecular weight excluding hydrogens is 272 g/mol. The molecule has 0 amide bonds. The Labute approximate surface area is 122 Å². The van der Waals surface area contributed by atoms with Crippen molar-refractivity contribution in [3.63, 3.8) is 0 Å². The second-order valence-electron chi connectivity index (χ2n) is 6.07. The molecule has 0 aliphatic heterocycles. The Morgan fingerprint density at radius 3 is 2.65 bits per heavy atom. The summed E-state index contributed by atoms with van der Waals surface area (Å²) >= 11 is 0. The molecule has 3 rings (SSSR count). The van der Waals surface area contributed by atoms with Gasteiger partial charge in [0.1, 0.15) is 0 Å². The molecule has 0 heterocycles. The molecule has 3 nitrogen and oxygen atoms in total. The van der Waals surface area contributed by atoms with Crippen LogP contribution in [0.3, 0.4) is 0 Å². The first kappa shape index (κ1) is 13.8. The Balaban J connectivity index is 1.55. The van der Waals surface area contributed by atoms with Gasteiger partial charge >= 0.3 is 5.97 Å². The molecule has 2 fully saturated rings. The molecule has 20 heavy (non-hydrogen) atoms. The maximum atomic E-state index is 12.5. The van der Waals surface area contributed by atoms with Gasteiger partial charge < -0.3 is 4.74 Å². The topological polar surface area (TPSA) is 43.4 Å². The van der Waals surface area contributed by atoms with E-state index >= 15 is 0 Å². The van der Waals surface area contributed by atoms with E-state index in [1.807, 2.05) is 18.2 Å². The van der Waals surface area contributed by atoms with Crippen LogP contribution in [0.25, 0.3) is 0 Å². The molecule has 2 aliphatic rings. The first-order chi connectivity index (χ1) is 9.63. The summed E-state index contributed by atoms with van der Waals surface area (Å²) in [7, 11) is 0.594. The van der Waals surface area contributed by atoms with Crippen LogP contribution >= 0.6 is 0 Å². The summed E-state index contributed by atoms with van der Waals surface area (Å²) in [4.78, 5) is 11.4. The fourth-order valence-electron chi connectivity index (χ4n) is 2.85. The zero-order valence-corrected chi connectivity index (χ0v) is 12.5. The minimum absolute atomic E-state index is 0.0260. The van der Waals surface area contributed by atoms with Gasteiger partial charge in [-0.2, -0.15) is 0 Å². The van der Waals surface area contributed by atoms with Crippen molar-refractivity contribution in [3.8, 4) is 0 Å².